The summed E-state index contributed by atoms with van der Waals surface area (Å²) in [4.78, 5) is 11.0. The van der Waals surface area contributed by atoms with Crippen LogP contribution in [0.4, 0.5) is 0 Å². The fourth-order valence-corrected chi connectivity index (χ4v) is 1.79. The van der Waals surface area contributed by atoms with Gasteiger partial charge < -0.3 is 9.84 Å². The summed E-state index contributed by atoms with van der Waals surface area (Å²) in [7, 11) is 0. The van der Waals surface area contributed by atoms with Crippen LogP contribution in [0.2, 0.25) is 0 Å². The molecule has 1 aromatic rings. The second-order valence-electron chi connectivity index (χ2n) is 3.82. The van der Waals surface area contributed by atoms with E-state index in [4.69, 9.17) is 9.84 Å². The zero-order valence-electron chi connectivity index (χ0n) is 8.93. The van der Waals surface area contributed by atoms with Gasteiger partial charge in [0.1, 0.15) is 17.4 Å². The van der Waals surface area contributed by atoms with Crippen molar-refractivity contribution in [2.45, 2.75) is 25.4 Å². The zero-order chi connectivity index (χ0) is 11.4. The molecule has 84 valence electrons. The number of allylic oxidation sites excluding steroid dienone is 1. The van der Waals surface area contributed by atoms with Crippen molar-refractivity contribution >= 4 is 5.97 Å². The van der Waals surface area contributed by atoms with E-state index in [1.165, 1.54) is 0 Å². The second kappa shape index (κ2) is 4.84. The monoisotopic (exact) mass is 218 g/mol. The van der Waals surface area contributed by atoms with E-state index in [-0.39, 0.29) is 11.7 Å². The predicted octanol–water partition coefficient (Wildman–Crippen LogP) is 2.87. The lowest BCUT2D eigenvalue weighted by atomic mass is 10.1. The first-order chi connectivity index (χ1) is 7.77. The van der Waals surface area contributed by atoms with E-state index >= 15 is 0 Å². The van der Waals surface area contributed by atoms with Crippen LogP contribution in [0.3, 0.4) is 0 Å². The van der Waals surface area contributed by atoms with E-state index in [0.717, 1.165) is 19.3 Å². The van der Waals surface area contributed by atoms with Gasteiger partial charge in [0.05, 0.1) is 0 Å². The Balaban J connectivity index is 2.17. The maximum Gasteiger partial charge on any atom is 0.339 e. The Hall–Kier alpha value is -1.77. The number of carboxylic acids is 1. The fraction of sp³-hybridized carbons (Fsp3) is 0.308. The van der Waals surface area contributed by atoms with Crippen LogP contribution in [0.1, 0.15) is 29.6 Å². The van der Waals surface area contributed by atoms with Crippen LogP contribution in [-0.2, 0) is 0 Å². The molecule has 0 spiro atoms. The van der Waals surface area contributed by atoms with Crippen molar-refractivity contribution in [1.29, 1.82) is 0 Å². The number of carboxylic acid groups (broad SMARTS) is 1. The number of hydrogen-bond donors (Lipinski definition) is 1. The number of benzene rings is 1. The van der Waals surface area contributed by atoms with E-state index in [1.807, 2.05) is 6.08 Å². The third-order valence-electron chi connectivity index (χ3n) is 2.61. The highest BCUT2D eigenvalue weighted by molar-refractivity contribution is 5.90. The summed E-state index contributed by atoms with van der Waals surface area (Å²) in [5.41, 5.74) is 0.224. The van der Waals surface area contributed by atoms with Gasteiger partial charge >= 0.3 is 5.97 Å². The van der Waals surface area contributed by atoms with Crippen molar-refractivity contribution in [3.63, 3.8) is 0 Å². The molecule has 0 saturated heterocycles. The van der Waals surface area contributed by atoms with Gasteiger partial charge in [-0.25, -0.2) is 4.79 Å². The van der Waals surface area contributed by atoms with E-state index in [0.29, 0.717) is 5.75 Å². The summed E-state index contributed by atoms with van der Waals surface area (Å²) in [6.07, 6.45) is 7.22. The zero-order valence-corrected chi connectivity index (χ0v) is 8.93. The molecule has 1 aliphatic rings. The summed E-state index contributed by atoms with van der Waals surface area (Å²) >= 11 is 0. The van der Waals surface area contributed by atoms with Crippen LogP contribution in [0.5, 0.6) is 5.75 Å². The van der Waals surface area contributed by atoms with Crippen LogP contribution in [0.15, 0.2) is 36.4 Å². The van der Waals surface area contributed by atoms with Crippen LogP contribution < -0.4 is 4.74 Å². The van der Waals surface area contributed by atoms with Crippen molar-refractivity contribution in [2.75, 3.05) is 0 Å². The molecule has 1 aliphatic carbocycles. The molecule has 16 heavy (non-hydrogen) atoms. The Kier molecular flexibility index (Phi) is 3.25. The predicted molar refractivity (Wildman–Crippen MR) is 60.8 cm³/mol. The minimum absolute atomic E-state index is 0.00856. The first kappa shape index (κ1) is 10.7. The molecule has 0 aliphatic heterocycles. The number of carbonyl (C=O) groups is 1. The van der Waals surface area contributed by atoms with Gasteiger partial charge in [-0.2, -0.15) is 0 Å². The first-order valence-electron chi connectivity index (χ1n) is 5.43. The number of hydrogen-bond acceptors (Lipinski definition) is 2. The Labute approximate surface area is 94.4 Å². The Morgan fingerprint density at radius 3 is 2.88 bits per heavy atom. The van der Waals surface area contributed by atoms with Crippen LogP contribution in [0, 0.1) is 0 Å². The Bertz CT molecular complexity index is 409. The summed E-state index contributed by atoms with van der Waals surface area (Å²) < 4.78 is 5.68. The van der Waals surface area contributed by atoms with Crippen molar-refractivity contribution in [1.82, 2.24) is 0 Å². The Morgan fingerprint density at radius 1 is 1.38 bits per heavy atom. The molecule has 0 bridgehead atoms. The lowest BCUT2D eigenvalue weighted by Crippen LogP contribution is -2.17. The van der Waals surface area contributed by atoms with E-state index in [9.17, 15) is 4.79 Å². The fourth-order valence-electron chi connectivity index (χ4n) is 1.79. The SMILES string of the molecule is O=C(O)c1ccccc1OC1C=CCCC1. The molecule has 1 N–H and O–H groups in total. The molecule has 3 heteroatoms. The highest BCUT2D eigenvalue weighted by Crippen LogP contribution is 2.22. The number of ether oxygens (including phenoxy) is 1. The topological polar surface area (TPSA) is 46.5 Å². The summed E-state index contributed by atoms with van der Waals surface area (Å²) in [5.74, 6) is -0.498. The minimum atomic E-state index is -0.949. The maximum absolute atomic E-state index is 11.0. The molecule has 2 rings (SSSR count). The highest BCUT2D eigenvalue weighted by Gasteiger charge is 2.15. The average molecular weight is 218 g/mol. The number of aromatic carboxylic acids is 1. The van der Waals surface area contributed by atoms with Crippen LogP contribution in [0.25, 0.3) is 0 Å². The van der Waals surface area contributed by atoms with Gasteiger partial charge in [0.15, 0.2) is 0 Å². The number of rotatable bonds is 3. The van der Waals surface area contributed by atoms with Gasteiger partial charge in [-0.15, -0.1) is 0 Å². The lowest BCUT2D eigenvalue weighted by Gasteiger charge is -2.19. The standard InChI is InChI=1S/C13H14O3/c14-13(15)11-8-4-5-9-12(11)16-10-6-2-1-3-7-10/h2,4-6,8-10H,1,3,7H2,(H,14,15). The first-order valence-corrected chi connectivity index (χ1v) is 5.43. The molecular formula is C13H14O3. The minimum Gasteiger partial charge on any atom is -0.485 e. The smallest absolute Gasteiger partial charge is 0.339 e. The molecular weight excluding hydrogens is 204 g/mol. The van der Waals surface area contributed by atoms with Gasteiger partial charge in [-0.1, -0.05) is 18.2 Å². The van der Waals surface area contributed by atoms with E-state index < -0.39 is 5.97 Å². The van der Waals surface area contributed by atoms with Crippen molar-refractivity contribution in [3.05, 3.63) is 42.0 Å². The molecule has 0 heterocycles. The summed E-state index contributed by atoms with van der Waals surface area (Å²) in [6, 6.07) is 6.75. The summed E-state index contributed by atoms with van der Waals surface area (Å²) in [6.45, 7) is 0. The van der Waals surface area contributed by atoms with Crippen molar-refractivity contribution < 1.29 is 14.6 Å². The molecule has 0 fully saturated rings. The third-order valence-corrected chi connectivity index (χ3v) is 2.61. The molecule has 1 unspecified atom stereocenters. The molecule has 1 aromatic carbocycles. The highest BCUT2D eigenvalue weighted by atomic mass is 16.5. The van der Waals surface area contributed by atoms with E-state index in [1.54, 1.807) is 24.3 Å². The average Bonchev–Trinajstić information content (AvgIpc) is 2.31. The molecule has 1 atom stereocenters. The summed E-state index contributed by atoms with van der Waals surface area (Å²) in [5, 5.41) is 9.00. The van der Waals surface area contributed by atoms with Gasteiger partial charge in [-0.05, 0) is 37.5 Å². The largest absolute Gasteiger partial charge is 0.485 e. The lowest BCUT2D eigenvalue weighted by molar-refractivity contribution is 0.0690. The molecule has 0 aromatic heterocycles. The number of para-hydroxylation sites is 1. The van der Waals surface area contributed by atoms with Gasteiger partial charge in [0, 0.05) is 0 Å². The molecule has 3 nitrogen and oxygen atoms in total. The Morgan fingerprint density at radius 2 is 2.19 bits per heavy atom. The van der Waals surface area contributed by atoms with Gasteiger partial charge in [0.2, 0.25) is 0 Å². The molecule has 0 amide bonds. The quantitative estimate of drug-likeness (QED) is 0.793. The second-order valence-corrected chi connectivity index (χ2v) is 3.82. The van der Waals surface area contributed by atoms with Gasteiger partial charge in [-0.3, -0.25) is 0 Å². The van der Waals surface area contributed by atoms with Crippen LogP contribution in [-0.4, -0.2) is 17.2 Å². The van der Waals surface area contributed by atoms with Crippen molar-refractivity contribution in [3.8, 4) is 5.75 Å². The van der Waals surface area contributed by atoms with Crippen molar-refractivity contribution in [2.24, 2.45) is 0 Å². The third kappa shape index (κ3) is 2.42. The molecule has 0 radical (unpaired) electrons. The van der Waals surface area contributed by atoms with Gasteiger partial charge in [0.25, 0.3) is 0 Å². The maximum atomic E-state index is 11.0. The normalized spacial score (nSPS) is 19.4. The van der Waals surface area contributed by atoms with Crippen LogP contribution >= 0.6 is 0 Å². The molecule has 0 saturated carbocycles. The van der Waals surface area contributed by atoms with E-state index in [2.05, 4.69) is 6.08 Å².